The molecule has 94 valence electrons. The van der Waals surface area contributed by atoms with Crippen LogP contribution in [0.4, 0.5) is 4.39 Å². The van der Waals surface area contributed by atoms with Gasteiger partial charge in [0, 0.05) is 5.56 Å². The zero-order valence-electron chi connectivity index (χ0n) is 9.68. The van der Waals surface area contributed by atoms with Gasteiger partial charge in [0.2, 0.25) is 5.91 Å². The number of aliphatic imine (C=N–C) groups is 1. The van der Waals surface area contributed by atoms with Crippen molar-refractivity contribution in [3.8, 4) is 0 Å². The predicted octanol–water partition coefficient (Wildman–Crippen LogP) is 0.311. The van der Waals surface area contributed by atoms with Crippen molar-refractivity contribution < 1.29 is 14.0 Å². The maximum Gasteiger partial charge on any atom is 0.264 e. The minimum absolute atomic E-state index is 0.0208. The van der Waals surface area contributed by atoms with Gasteiger partial charge in [0.1, 0.15) is 17.6 Å². The number of amidine groups is 1. The van der Waals surface area contributed by atoms with Crippen LogP contribution in [0.3, 0.4) is 0 Å². The highest BCUT2D eigenvalue weighted by molar-refractivity contribution is 6.20. The summed E-state index contributed by atoms with van der Waals surface area (Å²) in [4.78, 5) is 27.3. The largest absolute Gasteiger partial charge is 0.322 e. The molecule has 2 amide bonds. The summed E-state index contributed by atoms with van der Waals surface area (Å²) in [7, 11) is 0. The summed E-state index contributed by atoms with van der Waals surface area (Å²) in [5, 5.41) is 2.42. The van der Waals surface area contributed by atoms with Crippen LogP contribution < -0.4 is 11.1 Å². The van der Waals surface area contributed by atoms with E-state index in [1.807, 2.05) is 0 Å². The smallest absolute Gasteiger partial charge is 0.264 e. The Balaban J connectivity index is 2.40. The Morgan fingerprint density at radius 3 is 2.61 bits per heavy atom. The topological polar surface area (TPSA) is 84.5 Å². The molecule has 0 spiro atoms. The molecule has 2 atom stereocenters. The highest BCUT2D eigenvalue weighted by Crippen LogP contribution is 2.23. The summed E-state index contributed by atoms with van der Waals surface area (Å²) >= 11 is 0. The standard InChI is InChI=1S/C12H12FN3O2/c1-6(14)10-15-11(17)9(12(18)16-10)7-4-2-3-5-8(7)13/h2-6,9H,14H2,1H3,(H,15,16,17,18). The molecule has 0 saturated carbocycles. The maximum absolute atomic E-state index is 13.6. The zero-order chi connectivity index (χ0) is 13.3. The molecule has 1 aromatic rings. The monoisotopic (exact) mass is 249 g/mol. The molecule has 1 aromatic carbocycles. The Kier molecular flexibility index (Phi) is 3.20. The Bertz CT molecular complexity index is 540. The Morgan fingerprint density at radius 2 is 2.06 bits per heavy atom. The molecule has 0 aliphatic carbocycles. The van der Waals surface area contributed by atoms with Crippen LogP contribution in [0.5, 0.6) is 0 Å². The SMILES string of the molecule is CC(N)C1=NC(=O)C(c2ccccc2F)C(=O)N1. The van der Waals surface area contributed by atoms with Crippen molar-refractivity contribution in [2.24, 2.45) is 10.7 Å². The van der Waals surface area contributed by atoms with E-state index in [4.69, 9.17) is 5.73 Å². The molecule has 1 heterocycles. The minimum Gasteiger partial charge on any atom is -0.322 e. The van der Waals surface area contributed by atoms with Gasteiger partial charge in [0.05, 0.1) is 6.04 Å². The molecule has 0 radical (unpaired) electrons. The minimum atomic E-state index is -1.24. The van der Waals surface area contributed by atoms with Gasteiger partial charge >= 0.3 is 0 Å². The maximum atomic E-state index is 13.6. The van der Waals surface area contributed by atoms with Gasteiger partial charge in [-0.15, -0.1) is 0 Å². The molecule has 1 aliphatic rings. The van der Waals surface area contributed by atoms with Gasteiger partial charge in [-0.3, -0.25) is 9.59 Å². The highest BCUT2D eigenvalue weighted by atomic mass is 19.1. The van der Waals surface area contributed by atoms with E-state index >= 15 is 0 Å². The first-order valence-electron chi connectivity index (χ1n) is 5.44. The fourth-order valence-electron chi connectivity index (χ4n) is 1.72. The van der Waals surface area contributed by atoms with Gasteiger partial charge in [-0.25, -0.2) is 4.39 Å². The molecular weight excluding hydrogens is 237 g/mol. The zero-order valence-corrected chi connectivity index (χ0v) is 9.68. The lowest BCUT2D eigenvalue weighted by Gasteiger charge is -2.22. The Hall–Kier alpha value is -2.08. The third kappa shape index (κ3) is 2.14. The molecule has 3 N–H and O–H groups in total. The number of amides is 2. The van der Waals surface area contributed by atoms with E-state index in [0.29, 0.717) is 0 Å². The van der Waals surface area contributed by atoms with Crippen molar-refractivity contribution in [1.82, 2.24) is 5.32 Å². The molecule has 1 aliphatic heterocycles. The van der Waals surface area contributed by atoms with E-state index in [1.54, 1.807) is 13.0 Å². The van der Waals surface area contributed by atoms with Crippen molar-refractivity contribution in [2.75, 3.05) is 0 Å². The second kappa shape index (κ2) is 4.66. The first kappa shape index (κ1) is 12.4. The Morgan fingerprint density at radius 1 is 1.39 bits per heavy atom. The van der Waals surface area contributed by atoms with E-state index < -0.39 is 29.6 Å². The van der Waals surface area contributed by atoms with Crippen molar-refractivity contribution in [3.05, 3.63) is 35.6 Å². The van der Waals surface area contributed by atoms with Crippen molar-refractivity contribution in [2.45, 2.75) is 18.9 Å². The number of nitrogens with zero attached hydrogens (tertiary/aromatic N) is 1. The average molecular weight is 249 g/mol. The van der Waals surface area contributed by atoms with Crippen LogP contribution in [0.1, 0.15) is 18.4 Å². The first-order chi connectivity index (χ1) is 8.50. The molecule has 5 nitrogen and oxygen atoms in total. The molecule has 18 heavy (non-hydrogen) atoms. The average Bonchev–Trinajstić information content (AvgIpc) is 2.30. The van der Waals surface area contributed by atoms with E-state index in [1.165, 1.54) is 18.2 Å². The van der Waals surface area contributed by atoms with Gasteiger partial charge in [0.15, 0.2) is 0 Å². The van der Waals surface area contributed by atoms with Crippen LogP contribution in [0.2, 0.25) is 0 Å². The Labute approximate surface area is 103 Å². The number of rotatable bonds is 2. The van der Waals surface area contributed by atoms with Crippen LogP contribution in [-0.2, 0) is 9.59 Å². The third-order valence-electron chi connectivity index (χ3n) is 2.64. The number of hydrogen-bond donors (Lipinski definition) is 2. The number of carbonyl (C=O) groups excluding carboxylic acids is 2. The second-order valence-electron chi connectivity index (χ2n) is 4.07. The molecule has 0 aromatic heterocycles. The van der Waals surface area contributed by atoms with Crippen LogP contribution in [0, 0.1) is 5.82 Å². The summed E-state index contributed by atoms with van der Waals surface area (Å²) in [6.07, 6.45) is 0. The number of benzene rings is 1. The molecule has 0 fully saturated rings. The lowest BCUT2D eigenvalue weighted by molar-refractivity contribution is -0.130. The summed E-state index contributed by atoms with van der Waals surface area (Å²) < 4.78 is 13.6. The fourth-order valence-corrected chi connectivity index (χ4v) is 1.72. The number of carbonyl (C=O) groups is 2. The van der Waals surface area contributed by atoms with Crippen LogP contribution >= 0.6 is 0 Å². The first-order valence-corrected chi connectivity index (χ1v) is 5.44. The van der Waals surface area contributed by atoms with Gasteiger partial charge in [0.25, 0.3) is 5.91 Å². The normalized spacial score (nSPS) is 21.3. The van der Waals surface area contributed by atoms with Crippen molar-refractivity contribution in [3.63, 3.8) is 0 Å². The van der Waals surface area contributed by atoms with Crippen molar-refractivity contribution in [1.29, 1.82) is 0 Å². The number of halogens is 1. The number of hydrogen-bond acceptors (Lipinski definition) is 3. The molecular formula is C12H12FN3O2. The highest BCUT2D eigenvalue weighted by Gasteiger charge is 2.35. The van der Waals surface area contributed by atoms with Gasteiger partial charge < -0.3 is 11.1 Å². The van der Waals surface area contributed by atoms with E-state index in [2.05, 4.69) is 10.3 Å². The summed E-state index contributed by atoms with van der Waals surface area (Å²) in [6, 6.07) is 5.08. The third-order valence-corrected chi connectivity index (χ3v) is 2.64. The van der Waals surface area contributed by atoms with Crippen LogP contribution in [-0.4, -0.2) is 23.7 Å². The molecule has 0 bridgehead atoms. The van der Waals surface area contributed by atoms with Crippen LogP contribution in [0.25, 0.3) is 0 Å². The summed E-state index contributed by atoms with van der Waals surface area (Å²) in [5.74, 6) is -3.04. The van der Waals surface area contributed by atoms with Crippen LogP contribution in [0.15, 0.2) is 29.3 Å². The number of nitrogens with two attached hydrogens (primary N) is 1. The van der Waals surface area contributed by atoms with E-state index in [9.17, 15) is 14.0 Å². The molecule has 2 unspecified atom stereocenters. The number of nitrogens with one attached hydrogen (secondary N) is 1. The summed E-state index contributed by atoms with van der Waals surface area (Å²) in [5.41, 5.74) is 5.55. The second-order valence-corrected chi connectivity index (χ2v) is 4.07. The molecule has 2 rings (SSSR count). The summed E-state index contributed by atoms with van der Waals surface area (Å²) in [6.45, 7) is 1.59. The molecule has 6 heteroatoms. The lowest BCUT2D eigenvalue weighted by Crippen LogP contribution is -2.49. The van der Waals surface area contributed by atoms with Gasteiger partial charge in [-0.2, -0.15) is 4.99 Å². The van der Waals surface area contributed by atoms with Gasteiger partial charge in [-0.05, 0) is 13.0 Å². The fraction of sp³-hybridized carbons (Fsp3) is 0.250. The van der Waals surface area contributed by atoms with E-state index in [0.717, 1.165) is 0 Å². The lowest BCUT2D eigenvalue weighted by atomic mass is 9.95. The van der Waals surface area contributed by atoms with E-state index in [-0.39, 0.29) is 11.4 Å². The van der Waals surface area contributed by atoms with Crippen molar-refractivity contribution >= 4 is 17.6 Å². The van der Waals surface area contributed by atoms with Gasteiger partial charge in [-0.1, -0.05) is 18.2 Å². The predicted molar refractivity (Wildman–Crippen MR) is 63.4 cm³/mol. The molecule has 0 saturated heterocycles. The quantitative estimate of drug-likeness (QED) is 0.740.